The van der Waals surface area contributed by atoms with Gasteiger partial charge in [-0.1, -0.05) is 23.3 Å². The average Bonchev–Trinajstić information content (AvgIpc) is 2.31. The molecule has 1 N–H and O–H groups in total. The lowest BCUT2D eigenvalue weighted by molar-refractivity contribution is 0.414. The summed E-state index contributed by atoms with van der Waals surface area (Å²) in [6.45, 7) is 2.08. The van der Waals surface area contributed by atoms with Gasteiger partial charge >= 0.3 is 0 Å². The van der Waals surface area contributed by atoms with Crippen molar-refractivity contribution in [3.8, 4) is 5.75 Å². The topological polar surface area (TPSA) is 21.3 Å². The molecule has 0 bridgehead atoms. The highest BCUT2D eigenvalue weighted by Crippen LogP contribution is 2.26. The van der Waals surface area contributed by atoms with Crippen LogP contribution in [-0.4, -0.2) is 20.2 Å². The van der Waals surface area contributed by atoms with Gasteiger partial charge in [0.2, 0.25) is 0 Å². The van der Waals surface area contributed by atoms with Crippen LogP contribution in [0.3, 0.4) is 0 Å². The Morgan fingerprint density at radius 3 is 3.00 bits per heavy atom. The van der Waals surface area contributed by atoms with Gasteiger partial charge in [-0.25, -0.2) is 0 Å². The van der Waals surface area contributed by atoms with E-state index in [1.165, 1.54) is 12.0 Å². The normalized spacial score (nSPS) is 18.8. The van der Waals surface area contributed by atoms with Crippen LogP contribution in [0.2, 0.25) is 5.02 Å². The fraction of sp³-hybridized carbons (Fsp3) is 0.385. The van der Waals surface area contributed by atoms with Crippen molar-refractivity contribution >= 4 is 17.7 Å². The number of hydrogen-bond acceptors (Lipinski definition) is 2. The maximum Gasteiger partial charge on any atom is 0.126 e. The van der Waals surface area contributed by atoms with Crippen LogP contribution < -0.4 is 10.1 Å². The molecule has 1 aromatic carbocycles. The van der Waals surface area contributed by atoms with Crippen LogP contribution in [0.5, 0.6) is 5.75 Å². The van der Waals surface area contributed by atoms with Crippen LogP contribution in [0.15, 0.2) is 23.8 Å². The highest BCUT2D eigenvalue weighted by atomic mass is 35.5. The Bertz CT molecular complexity index is 393. The van der Waals surface area contributed by atoms with Gasteiger partial charge in [0.25, 0.3) is 0 Å². The van der Waals surface area contributed by atoms with Crippen LogP contribution >= 0.6 is 11.6 Å². The molecule has 0 aromatic heterocycles. The molecule has 0 aliphatic carbocycles. The van der Waals surface area contributed by atoms with E-state index in [1.807, 2.05) is 18.2 Å². The summed E-state index contributed by atoms with van der Waals surface area (Å²) in [7, 11) is 1.68. The second-order valence-electron chi connectivity index (χ2n) is 3.97. The molecule has 0 saturated carbocycles. The Hall–Kier alpha value is -0.990. The first-order valence-electron chi connectivity index (χ1n) is 5.53. The molecule has 2 rings (SSSR count). The maximum atomic E-state index is 5.99. The Morgan fingerprint density at radius 2 is 2.31 bits per heavy atom. The van der Waals surface area contributed by atoms with Gasteiger partial charge in [0, 0.05) is 17.1 Å². The number of benzene rings is 1. The lowest BCUT2D eigenvalue weighted by Gasteiger charge is -2.16. The largest absolute Gasteiger partial charge is 0.496 e. The van der Waals surface area contributed by atoms with Crippen LogP contribution in [0.1, 0.15) is 18.4 Å². The zero-order valence-corrected chi connectivity index (χ0v) is 10.2. The first-order chi connectivity index (χ1) is 7.79. The summed E-state index contributed by atoms with van der Waals surface area (Å²) >= 11 is 5.99. The lowest BCUT2D eigenvalue weighted by Crippen LogP contribution is -2.23. The summed E-state index contributed by atoms with van der Waals surface area (Å²) in [6, 6.07) is 5.70. The van der Waals surface area contributed by atoms with Gasteiger partial charge in [0.15, 0.2) is 0 Å². The van der Waals surface area contributed by atoms with E-state index in [0.717, 1.165) is 35.8 Å². The lowest BCUT2D eigenvalue weighted by atomic mass is 10.0. The SMILES string of the molecule is COc1ccc(Cl)cc1C=C1CCCNC1. The highest BCUT2D eigenvalue weighted by Gasteiger charge is 2.07. The Labute approximate surface area is 101 Å². The number of ether oxygens (including phenoxy) is 1. The van der Waals surface area contributed by atoms with Crippen molar-refractivity contribution in [1.82, 2.24) is 5.32 Å². The van der Waals surface area contributed by atoms with Crippen molar-refractivity contribution < 1.29 is 4.74 Å². The molecule has 0 amide bonds. The minimum atomic E-state index is 0.747. The standard InChI is InChI=1S/C13H16ClNO/c1-16-13-5-4-12(14)8-11(13)7-10-3-2-6-15-9-10/h4-5,7-8,15H,2-3,6,9H2,1H3. The van der Waals surface area contributed by atoms with Crippen molar-refractivity contribution in [2.45, 2.75) is 12.8 Å². The zero-order chi connectivity index (χ0) is 11.4. The minimum absolute atomic E-state index is 0.747. The minimum Gasteiger partial charge on any atom is -0.496 e. The average molecular weight is 238 g/mol. The first kappa shape index (κ1) is 11.5. The molecular formula is C13H16ClNO. The van der Waals surface area contributed by atoms with Crippen molar-refractivity contribution in [3.63, 3.8) is 0 Å². The van der Waals surface area contributed by atoms with Crippen LogP contribution in [0.25, 0.3) is 6.08 Å². The van der Waals surface area contributed by atoms with E-state index in [0.29, 0.717) is 0 Å². The fourth-order valence-electron chi connectivity index (χ4n) is 1.94. The smallest absolute Gasteiger partial charge is 0.126 e. The first-order valence-corrected chi connectivity index (χ1v) is 5.91. The third-order valence-corrected chi connectivity index (χ3v) is 2.99. The third-order valence-electron chi connectivity index (χ3n) is 2.75. The van der Waals surface area contributed by atoms with E-state index in [1.54, 1.807) is 7.11 Å². The third kappa shape index (κ3) is 2.77. The van der Waals surface area contributed by atoms with Crippen molar-refractivity contribution in [3.05, 3.63) is 34.4 Å². The fourth-order valence-corrected chi connectivity index (χ4v) is 2.12. The zero-order valence-electron chi connectivity index (χ0n) is 9.42. The second-order valence-corrected chi connectivity index (χ2v) is 4.41. The van der Waals surface area contributed by atoms with E-state index < -0.39 is 0 Å². The molecule has 1 saturated heterocycles. The number of rotatable bonds is 2. The predicted octanol–water partition coefficient (Wildman–Crippen LogP) is 3.12. The number of nitrogens with one attached hydrogen (secondary N) is 1. The molecule has 1 heterocycles. The summed E-state index contributed by atoms with van der Waals surface area (Å²) in [4.78, 5) is 0. The monoisotopic (exact) mass is 237 g/mol. The summed E-state index contributed by atoms with van der Waals surface area (Å²) < 4.78 is 5.32. The molecule has 1 aliphatic heterocycles. The molecule has 0 spiro atoms. The van der Waals surface area contributed by atoms with Gasteiger partial charge in [-0.3, -0.25) is 0 Å². The molecule has 1 aliphatic rings. The molecule has 0 radical (unpaired) electrons. The Balaban J connectivity index is 2.27. The van der Waals surface area contributed by atoms with Crippen LogP contribution in [-0.2, 0) is 0 Å². The molecular weight excluding hydrogens is 222 g/mol. The molecule has 0 unspecified atom stereocenters. The van der Waals surface area contributed by atoms with E-state index >= 15 is 0 Å². The van der Waals surface area contributed by atoms with E-state index in [2.05, 4.69) is 11.4 Å². The quantitative estimate of drug-likeness (QED) is 0.854. The summed E-state index contributed by atoms with van der Waals surface area (Å²) in [6.07, 6.45) is 4.54. The molecule has 1 fully saturated rings. The molecule has 0 atom stereocenters. The molecule has 86 valence electrons. The van der Waals surface area contributed by atoms with Crippen molar-refractivity contribution in [2.24, 2.45) is 0 Å². The summed E-state index contributed by atoms with van der Waals surface area (Å²) in [5.41, 5.74) is 2.47. The summed E-state index contributed by atoms with van der Waals surface area (Å²) in [5, 5.41) is 4.11. The number of methoxy groups -OCH3 is 1. The highest BCUT2D eigenvalue weighted by molar-refractivity contribution is 6.30. The molecule has 1 aromatic rings. The van der Waals surface area contributed by atoms with Crippen molar-refractivity contribution in [2.75, 3.05) is 20.2 Å². The van der Waals surface area contributed by atoms with Crippen LogP contribution in [0, 0.1) is 0 Å². The van der Waals surface area contributed by atoms with Gasteiger partial charge < -0.3 is 10.1 Å². The van der Waals surface area contributed by atoms with Crippen LogP contribution in [0.4, 0.5) is 0 Å². The van der Waals surface area contributed by atoms with E-state index in [9.17, 15) is 0 Å². The Kier molecular flexibility index (Phi) is 3.86. The molecule has 16 heavy (non-hydrogen) atoms. The van der Waals surface area contributed by atoms with Crippen molar-refractivity contribution in [1.29, 1.82) is 0 Å². The predicted molar refractivity (Wildman–Crippen MR) is 68.1 cm³/mol. The number of halogens is 1. The Morgan fingerprint density at radius 1 is 1.44 bits per heavy atom. The number of hydrogen-bond donors (Lipinski definition) is 1. The van der Waals surface area contributed by atoms with E-state index in [-0.39, 0.29) is 0 Å². The van der Waals surface area contributed by atoms with Gasteiger partial charge in [-0.2, -0.15) is 0 Å². The van der Waals surface area contributed by atoms with Gasteiger partial charge in [-0.05, 0) is 37.6 Å². The molecule has 3 heteroatoms. The summed E-state index contributed by atoms with van der Waals surface area (Å²) in [5.74, 6) is 0.877. The van der Waals surface area contributed by atoms with Gasteiger partial charge in [-0.15, -0.1) is 0 Å². The van der Waals surface area contributed by atoms with E-state index in [4.69, 9.17) is 16.3 Å². The van der Waals surface area contributed by atoms with Gasteiger partial charge in [0.05, 0.1) is 7.11 Å². The maximum absolute atomic E-state index is 5.99. The molecule has 2 nitrogen and oxygen atoms in total. The second kappa shape index (κ2) is 5.37. The number of piperidine rings is 1. The van der Waals surface area contributed by atoms with Gasteiger partial charge in [0.1, 0.15) is 5.75 Å².